The Morgan fingerprint density at radius 2 is 0.784 bits per heavy atom. The van der Waals surface area contributed by atoms with Crippen molar-refractivity contribution in [3.05, 3.63) is 333 Å². The van der Waals surface area contributed by atoms with Gasteiger partial charge in [-0.05, 0) is 173 Å². The van der Waals surface area contributed by atoms with E-state index in [0.717, 1.165) is 6.42 Å². The van der Waals surface area contributed by atoms with Gasteiger partial charge >= 0.3 is 0 Å². The Labute approximate surface area is 434 Å². The highest BCUT2D eigenvalue weighted by Gasteiger charge is 2.48. The molecule has 0 amide bonds. The molecule has 12 aromatic rings. The van der Waals surface area contributed by atoms with Crippen LogP contribution >= 0.6 is 0 Å². The maximum Gasteiger partial charge on any atom is 0.0713 e. The van der Waals surface area contributed by atoms with Gasteiger partial charge in [-0.2, -0.15) is 0 Å². The molecule has 350 valence electrons. The number of rotatable bonds is 8. The first-order valence-corrected chi connectivity index (χ1v) is 26.2. The molecule has 0 heterocycles. The van der Waals surface area contributed by atoms with Crippen molar-refractivity contribution < 1.29 is 0 Å². The molecule has 0 heteroatoms. The molecular formula is C74H54. The van der Waals surface area contributed by atoms with Crippen molar-refractivity contribution in [3.8, 4) is 44.5 Å². The highest BCUT2D eigenvalue weighted by Crippen LogP contribution is 2.59. The molecule has 0 spiro atoms. The Morgan fingerprint density at radius 3 is 1.53 bits per heavy atom. The topological polar surface area (TPSA) is 0 Å². The summed E-state index contributed by atoms with van der Waals surface area (Å²) >= 11 is 0. The number of hydrogen-bond acceptors (Lipinski definition) is 0. The molecule has 0 bridgehead atoms. The summed E-state index contributed by atoms with van der Waals surface area (Å²) in [5, 5.41) is 5.06. The molecule has 14 rings (SSSR count). The fraction of sp³-hybridized carbons (Fsp3) is 0.0811. The van der Waals surface area contributed by atoms with Gasteiger partial charge < -0.3 is 0 Å². The van der Waals surface area contributed by atoms with E-state index in [9.17, 15) is 0 Å². The number of hydrogen-bond donors (Lipinski definition) is 0. The molecule has 0 radical (unpaired) electrons. The molecule has 0 aromatic heterocycles. The van der Waals surface area contributed by atoms with Crippen molar-refractivity contribution in [1.82, 2.24) is 0 Å². The summed E-state index contributed by atoms with van der Waals surface area (Å²) in [5.41, 5.74) is 26.2. The lowest BCUT2D eigenvalue weighted by atomic mass is 9.67. The van der Waals surface area contributed by atoms with Gasteiger partial charge in [0.25, 0.3) is 0 Å². The molecular weight excluding hydrogens is 889 g/mol. The number of benzene rings is 12. The largest absolute Gasteiger partial charge is 0.0713 e. The van der Waals surface area contributed by atoms with Crippen LogP contribution in [-0.4, -0.2) is 0 Å². The highest BCUT2D eigenvalue weighted by molar-refractivity contribution is 5.98. The van der Waals surface area contributed by atoms with E-state index in [4.69, 9.17) is 0 Å². The fourth-order valence-corrected chi connectivity index (χ4v) is 13.2. The third kappa shape index (κ3) is 6.68. The highest BCUT2D eigenvalue weighted by atomic mass is 14.5. The van der Waals surface area contributed by atoms with Crippen molar-refractivity contribution >= 4 is 21.5 Å². The molecule has 0 N–H and O–H groups in total. The van der Waals surface area contributed by atoms with Crippen molar-refractivity contribution in [2.75, 3.05) is 0 Å². The Balaban J connectivity index is 0.836. The third-order valence-electron chi connectivity index (χ3n) is 16.7. The van der Waals surface area contributed by atoms with Gasteiger partial charge in [-0.15, -0.1) is 0 Å². The van der Waals surface area contributed by atoms with E-state index in [1.165, 1.54) is 138 Å². The van der Waals surface area contributed by atoms with Crippen LogP contribution in [0, 0.1) is 20.8 Å². The third-order valence-corrected chi connectivity index (χ3v) is 16.7. The number of aryl methyl sites for hydroxylation is 3. The zero-order chi connectivity index (χ0) is 49.5. The second-order valence-electron chi connectivity index (χ2n) is 21.0. The molecule has 12 aromatic carbocycles. The summed E-state index contributed by atoms with van der Waals surface area (Å²) < 4.78 is 0. The lowest BCUT2D eigenvalue weighted by Gasteiger charge is -2.34. The van der Waals surface area contributed by atoms with Crippen molar-refractivity contribution in [1.29, 1.82) is 0 Å². The predicted octanol–water partition coefficient (Wildman–Crippen LogP) is 18.6. The SMILES string of the molecule is Cc1ccc(C2(c3ccc(Cc4cc5ccc(-c6cccc7c6-c6ccccc6C7(c6ccccc6)c6ccccc6)cc5cc4C)cc3)c3ccccc3-c3ccc(-c4ccc5ccc(C)cc5c4)cc32)cc1. The number of fused-ring (bicyclic) bond motifs is 8. The smallest absolute Gasteiger partial charge is 0.0622 e. The van der Waals surface area contributed by atoms with Gasteiger partial charge in [-0.1, -0.05) is 254 Å². The first-order chi connectivity index (χ1) is 36.4. The molecule has 1 unspecified atom stereocenters. The average molecular weight is 943 g/mol. The van der Waals surface area contributed by atoms with Crippen LogP contribution < -0.4 is 0 Å². The minimum absolute atomic E-state index is 0.431. The predicted molar refractivity (Wildman–Crippen MR) is 310 cm³/mol. The van der Waals surface area contributed by atoms with Gasteiger partial charge in [-0.25, -0.2) is 0 Å². The molecule has 2 aliphatic rings. The maximum atomic E-state index is 2.48. The zero-order valence-corrected chi connectivity index (χ0v) is 42.0. The van der Waals surface area contributed by atoms with Crippen LogP contribution in [-0.2, 0) is 17.3 Å². The van der Waals surface area contributed by atoms with E-state index in [0.29, 0.717) is 0 Å². The van der Waals surface area contributed by atoms with E-state index in [1.54, 1.807) is 0 Å². The monoisotopic (exact) mass is 942 g/mol. The van der Waals surface area contributed by atoms with Crippen LogP contribution in [0.4, 0.5) is 0 Å². The van der Waals surface area contributed by atoms with Crippen molar-refractivity contribution in [2.24, 2.45) is 0 Å². The van der Waals surface area contributed by atoms with Gasteiger partial charge in [0.05, 0.1) is 10.8 Å². The van der Waals surface area contributed by atoms with Crippen LogP contribution in [0.15, 0.2) is 261 Å². The van der Waals surface area contributed by atoms with Crippen molar-refractivity contribution in [3.63, 3.8) is 0 Å². The summed E-state index contributed by atoms with van der Waals surface area (Å²) in [6.45, 7) is 6.65. The van der Waals surface area contributed by atoms with E-state index < -0.39 is 10.8 Å². The Kier molecular flexibility index (Phi) is 10.2. The quantitative estimate of drug-likeness (QED) is 0.142. The minimum Gasteiger partial charge on any atom is -0.0622 e. The molecule has 0 saturated heterocycles. The first-order valence-electron chi connectivity index (χ1n) is 26.2. The van der Waals surface area contributed by atoms with E-state index in [2.05, 4.69) is 282 Å². The lowest BCUT2D eigenvalue weighted by molar-refractivity contribution is 0.767. The average Bonchev–Trinajstić information content (AvgIpc) is 4.05. The molecule has 0 fully saturated rings. The second-order valence-corrected chi connectivity index (χ2v) is 21.0. The van der Waals surface area contributed by atoms with Gasteiger partial charge in [0.15, 0.2) is 0 Å². The summed E-state index contributed by atoms with van der Waals surface area (Å²) in [4.78, 5) is 0. The normalized spacial score (nSPS) is 14.9. The summed E-state index contributed by atoms with van der Waals surface area (Å²) in [6.07, 6.45) is 0.851. The van der Waals surface area contributed by atoms with E-state index >= 15 is 0 Å². The van der Waals surface area contributed by atoms with Crippen LogP contribution in [0.25, 0.3) is 66.1 Å². The van der Waals surface area contributed by atoms with Gasteiger partial charge in [-0.3, -0.25) is 0 Å². The van der Waals surface area contributed by atoms with Crippen molar-refractivity contribution in [2.45, 2.75) is 38.0 Å². The van der Waals surface area contributed by atoms with Gasteiger partial charge in [0, 0.05) is 0 Å². The Bertz CT molecular complexity index is 4120. The fourth-order valence-electron chi connectivity index (χ4n) is 13.2. The maximum absolute atomic E-state index is 2.48. The first kappa shape index (κ1) is 43.9. The molecule has 0 nitrogen and oxygen atoms in total. The Hall–Kier alpha value is -8.84. The lowest BCUT2D eigenvalue weighted by Crippen LogP contribution is -2.28. The molecule has 1 atom stereocenters. The molecule has 74 heavy (non-hydrogen) atoms. The summed E-state index contributed by atoms with van der Waals surface area (Å²) in [5.74, 6) is 0. The van der Waals surface area contributed by atoms with Gasteiger partial charge in [0.1, 0.15) is 0 Å². The summed E-state index contributed by atoms with van der Waals surface area (Å²) in [6, 6.07) is 98.9. The van der Waals surface area contributed by atoms with Gasteiger partial charge in [0.2, 0.25) is 0 Å². The Morgan fingerprint density at radius 1 is 0.284 bits per heavy atom. The molecule has 0 aliphatic heterocycles. The molecule has 0 saturated carbocycles. The zero-order valence-electron chi connectivity index (χ0n) is 42.0. The van der Waals surface area contributed by atoms with E-state index in [1.807, 2.05) is 0 Å². The van der Waals surface area contributed by atoms with Crippen LogP contribution in [0.5, 0.6) is 0 Å². The molecule has 2 aliphatic carbocycles. The standard InChI is InChI=1S/C74H54/c1-48-26-36-62(37-27-48)74(68-22-12-10-19-65(68)66-40-35-55(47-71(66)74)53-32-31-52-30-25-49(2)41-58(52)45-53)63-38-28-51(29-39-63)43-57-44-54-33-34-56(46-59(54)42-50(57)3)64-21-14-24-70-72(64)67-20-11-13-23-69(67)73(70,60-15-6-4-7-16-60)61-17-8-5-9-18-61/h4-42,44-47H,43H2,1-3H3. The van der Waals surface area contributed by atoms with Crippen LogP contribution in [0.1, 0.15) is 72.3 Å². The van der Waals surface area contributed by atoms with E-state index in [-0.39, 0.29) is 0 Å². The minimum atomic E-state index is -0.496. The second kappa shape index (κ2) is 17.2. The van der Waals surface area contributed by atoms with Crippen LogP contribution in [0.2, 0.25) is 0 Å². The van der Waals surface area contributed by atoms with Crippen LogP contribution in [0.3, 0.4) is 0 Å². The summed E-state index contributed by atoms with van der Waals surface area (Å²) in [7, 11) is 0.